The van der Waals surface area contributed by atoms with Gasteiger partial charge in [-0.2, -0.15) is 10.4 Å². The Morgan fingerprint density at radius 2 is 2.00 bits per heavy atom. The number of pyridine rings is 1. The number of anilines is 1. The molecule has 0 unspecified atom stereocenters. The zero-order valence-corrected chi connectivity index (χ0v) is 18.2. The number of fused-ring (bicyclic) bond motifs is 1. The molecule has 0 radical (unpaired) electrons. The van der Waals surface area contributed by atoms with Gasteiger partial charge in [-0.25, -0.2) is 14.5 Å². The molecule has 0 bridgehead atoms. The number of aromatic nitrogens is 4. The van der Waals surface area contributed by atoms with E-state index in [1.54, 1.807) is 41.9 Å². The molecule has 4 rings (SSSR count). The normalized spacial score (nSPS) is 13.0. The Labute approximate surface area is 189 Å². The van der Waals surface area contributed by atoms with Crippen LogP contribution in [-0.4, -0.2) is 48.5 Å². The van der Waals surface area contributed by atoms with E-state index in [1.807, 2.05) is 25.1 Å². The molecule has 0 spiro atoms. The van der Waals surface area contributed by atoms with Crippen LogP contribution < -0.4 is 5.32 Å². The predicted molar refractivity (Wildman–Crippen MR) is 122 cm³/mol. The maximum atomic E-state index is 9.89. The first-order valence-electron chi connectivity index (χ1n) is 9.99. The van der Waals surface area contributed by atoms with E-state index in [0.717, 1.165) is 22.4 Å². The summed E-state index contributed by atoms with van der Waals surface area (Å²) < 4.78 is 1.66. The van der Waals surface area contributed by atoms with E-state index in [2.05, 4.69) is 16.4 Å². The summed E-state index contributed by atoms with van der Waals surface area (Å²) in [7, 11) is 0. The number of nitriles is 1. The van der Waals surface area contributed by atoms with Crippen LogP contribution in [0.3, 0.4) is 0 Å². The third kappa shape index (κ3) is 4.27. The van der Waals surface area contributed by atoms with E-state index in [9.17, 15) is 15.5 Å². The van der Waals surface area contributed by atoms with Crippen LogP contribution in [0.4, 0.5) is 5.82 Å². The van der Waals surface area contributed by atoms with E-state index in [0.29, 0.717) is 27.9 Å². The second kappa shape index (κ2) is 8.93. The third-order valence-corrected chi connectivity index (χ3v) is 5.29. The van der Waals surface area contributed by atoms with Gasteiger partial charge in [0.1, 0.15) is 16.7 Å². The van der Waals surface area contributed by atoms with Gasteiger partial charge in [-0.05, 0) is 49.7 Å². The minimum atomic E-state index is -0.927. The molecule has 0 amide bonds. The molecule has 0 aliphatic rings. The first-order chi connectivity index (χ1) is 15.4. The van der Waals surface area contributed by atoms with Crippen molar-refractivity contribution in [3.8, 4) is 28.5 Å². The van der Waals surface area contributed by atoms with Crippen LogP contribution in [0, 0.1) is 18.3 Å². The highest BCUT2D eigenvalue weighted by Gasteiger charge is 2.20. The molecular weight excluding hydrogens is 428 g/mol. The van der Waals surface area contributed by atoms with E-state index in [1.165, 1.54) is 0 Å². The molecule has 32 heavy (non-hydrogen) atoms. The van der Waals surface area contributed by atoms with Crippen molar-refractivity contribution in [3.05, 3.63) is 65.1 Å². The fourth-order valence-corrected chi connectivity index (χ4v) is 3.72. The lowest BCUT2D eigenvalue weighted by Crippen LogP contribution is -2.33. The van der Waals surface area contributed by atoms with Crippen LogP contribution in [0.25, 0.3) is 28.0 Å². The van der Waals surface area contributed by atoms with Gasteiger partial charge in [0.2, 0.25) is 0 Å². The second-order valence-corrected chi connectivity index (χ2v) is 7.89. The van der Waals surface area contributed by atoms with Gasteiger partial charge in [0, 0.05) is 17.5 Å². The van der Waals surface area contributed by atoms with Gasteiger partial charge in [-0.1, -0.05) is 23.7 Å². The Bertz CT molecular complexity index is 1310. The molecule has 0 aliphatic heterocycles. The summed E-state index contributed by atoms with van der Waals surface area (Å²) in [6.45, 7) is 3.26. The van der Waals surface area contributed by atoms with Crippen LogP contribution in [0.1, 0.15) is 18.2 Å². The fourth-order valence-electron chi connectivity index (χ4n) is 3.47. The quantitative estimate of drug-likeness (QED) is 0.386. The highest BCUT2D eigenvalue weighted by atomic mass is 35.5. The topological polar surface area (TPSA) is 119 Å². The first-order valence-corrected chi connectivity index (χ1v) is 10.4. The van der Waals surface area contributed by atoms with Crippen molar-refractivity contribution in [1.82, 2.24) is 19.6 Å². The van der Waals surface area contributed by atoms with Crippen molar-refractivity contribution >= 4 is 23.1 Å². The summed E-state index contributed by atoms with van der Waals surface area (Å²) in [6, 6.07) is 14.4. The highest BCUT2D eigenvalue weighted by Crippen LogP contribution is 2.36. The minimum Gasteiger partial charge on any atom is -0.394 e. The van der Waals surface area contributed by atoms with E-state index >= 15 is 0 Å². The average Bonchev–Trinajstić information content (AvgIpc) is 3.16. The molecule has 0 saturated carbocycles. The van der Waals surface area contributed by atoms with Crippen LogP contribution in [0.15, 0.2) is 48.7 Å². The number of benzene rings is 1. The summed E-state index contributed by atoms with van der Waals surface area (Å²) in [5.41, 5.74) is 4.80. The average molecular weight is 449 g/mol. The number of halogens is 1. The molecule has 162 valence electrons. The lowest BCUT2D eigenvalue weighted by Gasteiger charge is -2.18. The van der Waals surface area contributed by atoms with Gasteiger partial charge in [0.25, 0.3) is 0 Å². The van der Waals surface area contributed by atoms with Gasteiger partial charge < -0.3 is 15.5 Å². The molecule has 4 aromatic rings. The number of aliphatic hydroxyl groups excluding tert-OH is 2. The van der Waals surface area contributed by atoms with Crippen LogP contribution >= 0.6 is 11.6 Å². The summed E-state index contributed by atoms with van der Waals surface area (Å²) >= 11 is 6.25. The lowest BCUT2D eigenvalue weighted by molar-refractivity contribution is 0.0838. The molecule has 1 aromatic carbocycles. The number of aryl methyl sites for hydroxylation is 1. The standard InChI is InChI=1S/C23H21ClN6O2/c1-13-8-17(10-19(24)26-13)21-22(16-5-3-4-15(9-16)11-25)29-30-7-6-20(28-23(21)30)27-14(2)18(32)12-31/h3-10,14,18,31-32H,12H2,1-2H3,(H,27,28)/t14-,18-/m1/s1. The number of nitrogens with one attached hydrogen (secondary N) is 1. The number of rotatable bonds is 6. The maximum absolute atomic E-state index is 9.89. The predicted octanol–water partition coefficient (Wildman–Crippen LogP) is 3.45. The van der Waals surface area contributed by atoms with Gasteiger partial charge in [0.05, 0.1) is 35.9 Å². The summed E-state index contributed by atoms with van der Waals surface area (Å²) in [5.74, 6) is 0.521. The molecular formula is C23H21ClN6O2. The Morgan fingerprint density at radius 3 is 2.72 bits per heavy atom. The molecule has 9 heteroatoms. The van der Waals surface area contributed by atoms with Gasteiger partial charge in [0.15, 0.2) is 5.65 Å². The smallest absolute Gasteiger partial charge is 0.165 e. The largest absolute Gasteiger partial charge is 0.394 e. The number of hydrogen-bond donors (Lipinski definition) is 3. The van der Waals surface area contributed by atoms with Crippen LogP contribution in [-0.2, 0) is 0 Å². The molecule has 2 atom stereocenters. The van der Waals surface area contributed by atoms with Crippen LogP contribution in [0.2, 0.25) is 5.15 Å². The summed E-state index contributed by atoms with van der Waals surface area (Å²) in [6.07, 6.45) is 0.836. The van der Waals surface area contributed by atoms with Gasteiger partial charge >= 0.3 is 0 Å². The van der Waals surface area contributed by atoms with Crippen molar-refractivity contribution in [2.24, 2.45) is 0 Å². The van der Waals surface area contributed by atoms with E-state index in [-0.39, 0.29) is 6.61 Å². The van der Waals surface area contributed by atoms with Crippen LogP contribution in [0.5, 0.6) is 0 Å². The zero-order chi connectivity index (χ0) is 22.8. The van der Waals surface area contributed by atoms with Crippen molar-refractivity contribution in [3.63, 3.8) is 0 Å². The molecule has 0 fully saturated rings. The number of nitrogens with zero attached hydrogens (tertiary/aromatic N) is 5. The second-order valence-electron chi connectivity index (χ2n) is 7.50. The molecule has 0 saturated heterocycles. The Balaban J connectivity index is 1.93. The van der Waals surface area contributed by atoms with Crippen molar-refractivity contribution in [2.75, 3.05) is 11.9 Å². The Hall–Kier alpha value is -3.51. The Morgan fingerprint density at radius 1 is 1.19 bits per heavy atom. The van der Waals surface area contributed by atoms with Gasteiger partial charge in [-0.15, -0.1) is 0 Å². The number of hydrogen-bond acceptors (Lipinski definition) is 7. The molecule has 3 aromatic heterocycles. The summed E-state index contributed by atoms with van der Waals surface area (Å²) in [4.78, 5) is 8.98. The van der Waals surface area contributed by atoms with E-state index in [4.69, 9.17) is 21.7 Å². The van der Waals surface area contributed by atoms with Gasteiger partial charge in [-0.3, -0.25) is 0 Å². The van der Waals surface area contributed by atoms with Crippen molar-refractivity contribution in [1.29, 1.82) is 5.26 Å². The van der Waals surface area contributed by atoms with E-state index < -0.39 is 12.1 Å². The maximum Gasteiger partial charge on any atom is 0.165 e. The third-order valence-electron chi connectivity index (χ3n) is 5.10. The SMILES string of the molecule is Cc1cc(-c2c(-c3cccc(C#N)c3)nn3ccc(N[C@H](C)[C@H](O)CO)nc23)cc(Cl)n1. The number of aliphatic hydroxyl groups is 2. The molecule has 3 N–H and O–H groups in total. The molecule has 3 heterocycles. The molecule has 8 nitrogen and oxygen atoms in total. The summed E-state index contributed by atoms with van der Waals surface area (Å²) in [5, 5.41) is 36.6. The highest BCUT2D eigenvalue weighted by molar-refractivity contribution is 6.29. The lowest BCUT2D eigenvalue weighted by atomic mass is 10.00. The van der Waals surface area contributed by atoms with Crippen molar-refractivity contribution < 1.29 is 10.2 Å². The zero-order valence-electron chi connectivity index (χ0n) is 17.5. The first kappa shape index (κ1) is 21.7. The molecule has 0 aliphatic carbocycles. The van der Waals surface area contributed by atoms with Crippen molar-refractivity contribution in [2.45, 2.75) is 26.0 Å². The fraction of sp³-hybridized carbons (Fsp3) is 0.217. The monoisotopic (exact) mass is 448 g/mol. The minimum absolute atomic E-state index is 0.352. The Kier molecular flexibility index (Phi) is 6.06.